The van der Waals surface area contributed by atoms with Crippen molar-refractivity contribution in [2.45, 2.75) is 75.9 Å². The zero-order chi connectivity index (χ0) is 12.8. The molecule has 0 aromatic rings. The molecule has 0 aromatic carbocycles. The lowest BCUT2D eigenvalue weighted by atomic mass is 9.80. The average molecular weight is 255 g/mol. The molecule has 4 heteroatoms. The lowest BCUT2D eigenvalue weighted by Gasteiger charge is -2.33. The van der Waals surface area contributed by atoms with Crippen LogP contribution >= 0.6 is 0 Å². The van der Waals surface area contributed by atoms with Gasteiger partial charge in [-0.2, -0.15) is 0 Å². The van der Waals surface area contributed by atoms with Crippen molar-refractivity contribution in [1.29, 1.82) is 0 Å². The van der Waals surface area contributed by atoms with Gasteiger partial charge in [0.25, 0.3) is 0 Å². The summed E-state index contributed by atoms with van der Waals surface area (Å²) in [6, 6.07) is 0.472. The fourth-order valence-electron chi connectivity index (χ4n) is 2.87. The van der Waals surface area contributed by atoms with Gasteiger partial charge in [0, 0.05) is 19.0 Å². The number of guanidine groups is 1. The SMILES string of the molecule is NC(=NCCC1(F)CCC1)NC1CCCCCC1. The molecule has 0 amide bonds. The Morgan fingerprint density at radius 3 is 2.39 bits per heavy atom. The Morgan fingerprint density at radius 1 is 1.17 bits per heavy atom. The predicted octanol–water partition coefficient (Wildman–Crippen LogP) is 2.90. The number of hydrogen-bond acceptors (Lipinski definition) is 1. The smallest absolute Gasteiger partial charge is 0.188 e. The highest BCUT2D eigenvalue weighted by molar-refractivity contribution is 5.78. The van der Waals surface area contributed by atoms with Crippen LogP contribution in [0.1, 0.15) is 64.2 Å². The van der Waals surface area contributed by atoms with E-state index in [1.165, 1.54) is 38.5 Å². The monoisotopic (exact) mass is 255 g/mol. The van der Waals surface area contributed by atoms with Gasteiger partial charge in [-0.1, -0.05) is 25.7 Å². The molecule has 0 radical (unpaired) electrons. The van der Waals surface area contributed by atoms with E-state index in [0.29, 0.717) is 37.8 Å². The minimum Gasteiger partial charge on any atom is -0.370 e. The van der Waals surface area contributed by atoms with Crippen LogP contribution in [-0.4, -0.2) is 24.2 Å². The molecule has 3 nitrogen and oxygen atoms in total. The Kier molecular flexibility index (Phi) is 4.84. The molecule has 2 saturated carbocycles. The van der Waals surface area contributed by atoms with Crippen molar-refractivity contribution in [3.63, 3.8) is 0 Å². The lowest BCUT2D eigenvalue weighted by Crippen LogP contribution is -2.40. The van der Waals surface area contributed by atoms with E-state index >= 15 is 0 Å². The second-order valence-electron chi connectivity index (χ2n) is 5.85. The van der Waals surface area contributed by atoms with E-state index in [1.807, 2.05) is 0 Å². The Morgan fingerprint density at radius 2 is 1.83 bits per heavy atom. The second kappa shape index (κ2) is 6.39. The summed E-state index contributed by atoms with van der Waals surface area (Å²) in [7, 11) is 0. The highest BCUT2D eigenvalue weighted by atomic mass is 19.1. The molecule has 0 spiro atoms. The quantitative estimate of drug-likeness (QED) is 0.461. The minimum absolute atomic E-state index is 0.472. The van der Waals surface area contributed by atoms with Gasteiger partial charge in [-0.3, -0.25) is 4.99 Å². The molecule has 2 aliphatic carbocycles. The van der Waals surface area contributed by atoms with Gasteiger partial charge in [0.2, 0.25) is 0 Å². The minimum atomic E-state index is -0.938. The van der Waals surface area contributed by atoms with Crippen molar-refractivity contribution in [2.24, 2.45) is 10.7 Å². The standard InChI is InChI=1S/C14H26FN3/c15-14(8-5-9-14)10-11-17-13(16)18-12-6-3-1-2-4-7-12/h12H,1-11H2,(H3,16,17,18). The van der Waals surface area contributed by atoms with Gasteiger partial charge in [-0.15, -0.1) is 0 Å². The van der Waals surface area contributed by atoms with Crippen molar-refractivity contribution in [3.8, 4) is 0 Å². The van der Waals surface area contributed by atoms with Crippen molar-refractivity contribution in [3.05, 3.63) is 0 Å². The summed E-state index contributed by atoms with van der Waals surface area (Å²) in [6.07, 6.45) is 10.6. The zero-order valence-electron chi connectivity index (χ0n) is 11.3. The van der Waals surface area contributed by atoms with E-state index < -0.39 is 5.67 Å². The van der Waals surface area contributed by atoms with E-state index in [0.717, 1.165) is 6.42 Å². The third kappa shape index (κ3) is 4.14. The first-order valence-electron chi connectivity index (χ1n) is 7.43. The highest BCUT2D eigenvalue weighted by Gasteiger charge is 2.36. The Hall–Kier alpha value is -0.800. The molecule has 0 saturated heterocycles. The van der Waals surface area contributed by atoms with E-state index in [9.17, 15) is 4.39 Å². The maximum atomic E-state index is 13.7. The van der Waals surface area contributed by atoms with Crippen LogP contribution < -0.4 is 11.1 Å². The third-order valence-electron chi connectivity index (χ3n) is 4.30. The second-order valence-corrected chi connectivity index (χ2v) is 5.85. The molecular formula is C14H26FN3. The molecule has 104 valence electrons. The molecule has 2 rings (SSSR count). The number of aliphatic imine (C=N–C) groups is 1. The summed E-state index contributed by atoms with van der Waals surface area (Å²) in [5.74, 6) is 0.504. The van der Waals surface area contributed by atoms with Gasteiger partial charge in [0.05, 0.1) is 0 Å². The Labute approximate surface area is 109 Å². The molecule has 3 N–H and O–H groups in total. The summed E-state index contributed by atoms with van der Waals surface area (Å²) in [6.45, 7) is 0.516. The maximum absolute atomic E-state index is 13.7. The normalized spacial score (nSPS) is 25.3. The molecule has 2 fully saturated rings. The summed E-state index contributed by atoms with van der Waals surface area (Å²) >= 11 is 0. The summed E-state index contributed by atoms with van der Waals surface area (Å²) < 4.78 is 13.7. The van der Waals surface area contributed by atoms with E-state index in [4.69, 9.17) is 5.73 Å². The molecule has 0 heterocycles. The number of rotatable bonds is 4. The van der Waals surface area contributed by atoms with Crippen molar-refractivity contribution >= 4 is 5.96 Å². The van der Waals surface area contributed by atoms with Gasteiger partial charge in [-0.05, 0) is 32.1 Å². The van der Waals surface area contributed by atoms with Crippen molar-refractivity contribution < 1.29 is 4.39 Å². The van der Waals surface area contributed by atoms with Crippen LogP contribution in [0.4, 0.5) is 4.39 Å². The Balaban J connectivity index is 1.67. The molecule has 0 unspecified atom stereocenters. The largest absolute Gasteiger partial charge is 0.370 e. The van der Waals surface area contributed by atoms with E-state index in [2.05, 4.69) is 10.3 Å². The predicted molar refractivity (Wildman–Crippen MR) is 73.4 cm³/mol. The lowest BCUT2D eigenvalue weighted by molar-refractivity contribution is 0.0568. The Bertz CT molecular complexity index is 279. The number of hydrogen-bond donors (Lipinski definition) is 2. The molecular weight excluding hydrogens is 229 g/mol. The van der Waals surface area contributed by atoms with Crippen LogP contribution in [0.25, 0.3) is 0 Å². The van der Waals surface area contributed by atoms with E-state index in [1.54, 1.807) is 0 Å². The summed E-state index contributed by atoms with van der Waals surface area (Å²) in [4.78, 5) is 4.26. The van der Waals surface area contributed by atoms with Gasteiger partial charge in [0.1, 0.15) is 5.67 Å². The molecule has 0 aromatic heterocycles. The van der Waals surface area contributed by atoms with Crippen LogP contribution in [0.5, 0.6) is 0 Å². The molecule has 0 atom stereocenters. The summed E-state index contributed by atoms with van der Waals surface area (Å²) in [5.41, 5.74) is 4.92. The first kappa shape index (κ1) is 13.6. The van der Waals surface area contributed by atoms with E-state index in [-0.39, 0.29) is 0 Å². The topological polar surface area (TPSA) is 50.4 Å². The average Bonchev–Trinajstić information content (AvgIpc) is 2.55. The number of nitrogens with one attached hydrogen (secondary N) is 1. The van der Waals surface area contributed by atoms with Gasteiger partial charge in [0.15, 0.2) is 5.96 Å². The van der Waals surface area contributed by atoms with Crippen LogP contribution in [-0.2, 0) is 0 Å². The first-order valence-corrected chi connectivity index (χ1v) is 7.43. The van der Waals surface area contributed by atoms with Gasteiger partial charge in [-0.25, -0.2) is 4.39 Å². The zero-order valence-corrected chi connectivity index (χ0v) is 11.3. The molecule has 2 aliphatic rings. The van der Waals surface area contributed by atoms with Gasteiger partial charge >= 0.3 is 0 Å². The molecule has 0 aliphatic heterocycles. The third-order valence-corrected chi connectivity index (χ3v) is 4.30. The number of nitrogens with zero attached hydrogens (tertiary/aromatic N) is 1. The molecule has 0 bridgehead atoms. The van der Waals surface area contributed by atoms with Crippen LogP contribution in [0.2, 0.25) is 0 Å². The summed E-state index contributed by atoms with van der Waals surface area (Å²) in [5, 5.41) is 3.29. The number of alkyl halides is 1. The first-order chi connectivity index (χ1) is 8.68. The van der Waals surface area contributed by atoms with Gasteiger partial charge < -0.3 is 11.1 Å². The fraction of sp³-hybridized carbons (Fsp3) is 0.929. The maximum Gasteiger partial charge on any atom is 0.188 e. The fourth-order valence-corrected chi connectivity index (χ4v) is 2.87. The van der Waals surface area contributed by atoms with Crippen LogP contribution in [0.3, 0.4) is 0 Å². The number of nitrogens with two attached hydrogens (primary N) is 1. The number of halogens is 1. The van der Waals surface area contributed by atoms with Crippen LogP contribution in [0.15, 0.2) is 4.99 Å². The molecule has 18 heavy (non-hydrogen) atoms. The highest BCUT2D eigenvalue weighted by Crippen LogP contribution is 2.38. The van der Waals surface area contributed by atoms with Crippen molar-refractivity contribution in [1.82, 2.24) is 5.32 Å². The van der Waals surface area contributed by atoms with Crippen LogP contribution in [0, 0.1) is 0 Å². The van der Waals surface area contributed by atoms with Crippen molar-refractivity contribution in [2.75, 3.05) is 6.54 Å².